The highest BCUT2D eigenvalue weighted by Crippen LogP contribution is 2.33. The molecule has 0 radical (unpaired) electrons. The lowest BCUT2D eigenvalue weighted by atomic mass is 10.1. The van der Waals surface area contributed by atoms with Crippen molar-refractivity contribution in [2.24, 2.45) is 5.73 Å². The number of nitrogens with one attached hydrogen (secondary N) is 2. The van der Waals surface area contributed by atoms with Crippen LogP contribution < -0.4 is 21.1 Å². The first-order chi connectivity index (χ1) is 14.3. The van der Waals surface area contributed by atoms with Gasteiger partial charge in [-0.15, -0.1) is 11.3 Å². The van der Waals surface area contributed by atoms with E-state index in [4.69, 9.17) is 31.5 Å². The van der Waals surface area contributed by atoms with Crippen LogP contribution in [0, 0.1) is 6.92 Å². The Bertz CT molecular complexity index is 947. The molecule has 1 aromatic heterocycles. The normalized spacial score (nSPS) is 10.4. The summed E-state index contributed by atoms with van der Waals surface area (Å²) in [7, 11) is 2.98. The molecule has 0 saturated carbocycles. The number of nitrogens with two attached hydrogens (primary N) is 1. The van der Waals surface area contributed by atoms with Crippen molar-refractivity contribution in [3.63, 3.8) is 0 Å². The highest BCUT2D eigenvalue weighted by Gasteiger charge is 2.25. The minimum atomic E-state index is -0.699. The van der Waals surface area contributed by atoms with Gasteiger partial charge in [-0.25, -0.2) is 4.79 Å². The number of ether oxygens (including phenoxy) is 3. The molecule has 30 heavy (non-hydrogen) atoms. The number of thiophene rings is 1. The van der Waals surface area contributed by atoms with Crippen LogP contribution in [0.3, 0.4) is 0 Å². The van der Waals surface area contributed by atoms with Gasteiger partial charge < -0.3 is 30.6 Å². The van der Waals surface area contributed by atoms with Crippen molar-refractivity contribution in [3.8, 4) is 5.75 Å². The van der Waals surface area contributed by atoms with Crippen LogP contribution in [0.25, 0.3) is 0 Å². The Hall–Kier alpha value is -2.82. The second-order valence-electron chi connectivity index (χ2n) is 6.00. The van der Waals surface area contributed by atoms with Crippen LogP contribution in [-0.2, 0) is 14.3 Å². The largest absolute Gasteiger partial charge is 0.495 e. The minimum Gasteiger partial charge on any atom is -0.495 e. The van der Waals surface area contributed by atoms with Crippen molar-refractivity contribution >= 4 is 51.4 Å². The first-order valence-electron chi connectivity index (χ1n) is 8.75. The highest BCUT2D eigenvalue weighted by molar-refractivity contribution is 7.18. The van der Waals surface area contributed by atoms with Gasteiger partial charge in [-0.3, -0.25) is 9.59 Å². The topological polar surface area (TPSA) is 129 Å². The number of rotatable bonds is 10. The van der Waals surface area contributed by atoms with Crippen molar-refractivity contribution in [1.29, 1.82) is 0 Å². The van der Waals surface area contributed by atoms with Gasteiger partial charge in [-0.1, -0.05) is 11.6 Å². The van der Waals surface area contributed by atoms with E-state index in [-0.39, 0.29) is 35.2 Å². The fourth-order valence-electron chi connectivity index (χ4n) is 2.50. The molecular weight excluding hydrogens is 434 g/mol. The number of carbonyl (C=O) groups is 3. The van der Waals surface area contributed by atoms with Crippen LogP contribution in [0.1, 0.15) is 25.6 Å². The number of hydrogen-bond donors (Lipinski definition) is 3. The zero-order chi connectivity index (χ0) is 22.3. The number of carbonyl (C=O) groups excluding carboxylic acids is 3. The zero-order valence-electron chi connectivity index (χ0n) is 16.7. The lowest BCUT2D eigenvalue weighted by Crippen LogP contribution is -2.22. The van der Waals surface area contributed by atoms with E-state index < -0.39 is 17.8 Å². The molecule has 0 unspecified atom stereocenters. The Morgan fingerprint density at radius 2 is 1.93 bits per heavy atom. The average molecular weight is 456 g/mol. The van der Waals surface area contributed by atoms with E-state index in [1.807, 2.05) is 0 Å². The van der Waals surface area contributed by atoms with Gasteiger partial charge in [0.2, 0.25) is 5.91 Å². The fourth-order valence-corrected chi connectivity index (χ4v) is 3.82. The predicted molar refractivity (Wildman–Crippen MR) is 115 cm³/mol. The molecule has 4 N–H and O–H groups in total. The smallest absolute Gasteiger partial charge is 0.341 e. The molecule has 0 bridgehead atoms. The molecule has 11 heteroatoms. The predicted octanol–water partition coefficient (Wildman–Crippen LogP) is 2.67. The number of benzene rings is 1. The molecule has 0 aliphatic rings. The molecule has 0 spiro atoms. The third-order valence-electron chi connectivity index (χ3n) is 3.95. The summed E-state index contributed by atoms with van der Waals surface area (Å²) in [6.45, 7) is 1.71. The Kier molecular flexibility index (Phi) is 8.46. The number of halogens is 1. The van der Waals surface area contributed by atoms with Gasteiger partial charge in [-0.2, -0.15) is 0 Å². The molecule has 1 aromatic carbocycles. The van der Waals surface area contributed by atoms with E-state index in [9.17, 15) is 14.4 Å². The van der Waals surface area contributed by atoms with Gasteiger partial charge in [0.1, 0.15) is 17.4 Å². The number of hydrogen-bond acceptors (Lipinski definition) is 8. The van der Waals surface area contributed by atoms with Crippen molar-refractivity contribution < 1.29 is 28.6 Å². The number of amides is 2. The maximum Gasteiger partial charge on any atom is 0.341 e. The van der Waals surface area contributed by atoms with Gasteiger partial charge in [0.15, 0.2) is 0 Å². The van der Waals surface area contributed by atoms with Crippen LogP contribution in [-0.4, -0.2) is 51.8 Å². The number of methoxy groups -OCH3 is 2. The van der Waals surface area contributed by atoms with Gasteiger partial charge in [0.25, 0.3) is 5.91 Å². The minimum absolute atomic E-state index is 0.0314. The van der Waals surface area contributed by atoms with E-state index >= 15 is 0 Å². The maximum absolute atomic E-state index is 12.4. The monoisotopic (exact) mass is 455 g/mol. The third-order valence-corrected chi connectivity index (χ3v) is 5.47. The maximum atomic E-state index is 12.4. The molecular formula is C19H22ClN3O6S. The van der Waals surface area contributed by atoms with E-state index in [0.717, 1.165) is 11.3 Å². The standard InChI is InChI=1S/C19H22ClN3O6S/c1-10-15(19(26)29-7-6-27-2)18(30-16(10)17(21)25)23-14(24)9-22-11-4-5-13(28-3)12(20)8-11/h4-5,8,22H,6-7,9H2,1-3H3,(H2,21,25)(H,23,24). The fraction of sp³-hybridized carbons (Fsp3) is 0.316. The summed E-state index contributed by atoms with van der Waals surface area (Å²) in [6.07, 6.45) is 0. The number of esters is 1. The quantitative estimate of drug-likeness (QED) is 0.371. The molecule has 2 aromatic rings. The molecule has 2 amide bonds. The number of anilines is 2. The Morgan fingerprint density at radius 1 is 1.20 bits per heavy atom. The second kappa shape index (κ2) is 10.8. The molecule has 0 aliphatic carbocycles. The molecule has 0 saturated heterocycles. The Balaban J connectivity index is 2.12. The lowest BCUT2D eigenvalue weighted by Gasteiger charge is -2.10. The molecule has 0 atom stereocenters. The van der Waals surface area contributed by atoms with Crippen molar-refractivity contribution in [3.05, 3.63) is 39.2 Å². The van der Waals surface area contributed by atoms with Crippen molar-refractivity contribution in [2.75, 3.05) is 44.6 Å². The second-order valence-corrected chi connectivity index (χ2v) is 7.43. The van der Waals surface area contributed by atoms with Crippen LogP contribution in [0.2, 0.25) is 5.02 Å². The van der Waals surface area contributed by atoms with Gasteiger partial charge in [0, 0.05) is 12.8 Å². The summed E-state index contributed by atoms with van der Waals surface area (Å²) in [4.78, 5) is 36.7. The van der Waals surface area contributed by atoms with E-state index in [1.54, 1.807) is 25.1 Å². The molecule has 0 fully saturated rings. The van der Waals surface area contributed by atoms with Crippen LogP contribution in [0.4, 0.5) is 10.7 Å². The summed E-state index contributed by atoms with van der Waals surface area (Å²) in [5, 5.41) is 6.12. The Morgan fingerprint density at radius 3 is 2.53 bits per heavy atom. The average Bonchev–Trinajstić information content (AvgIpc) is 3.02. The van der Waals surface area contributed by atoms with Crippen LogP contribution in [0.5, 0.6) is 5.75 Å². The van der Waals surface area contributed by atoms with Crippen LogP contribution in [0.15, 0.2) is 18.2 Å². The Labute approximate surface area is 182 Å². The van der Waals surface area contributed by atoms with Crippen molar-refractivity contribution in [2.45, 2.75) is 6.92 Å². The van der Waals surface area contributed by atoms with Gasteiger partial charge in [-0.05, 0) is 30.7 Å². The van der Waals surface area contributed by atoms with Crippen LogP contribution >= 0.6 is 22.9 Å². The molecule has 0 aliphatic heterocycles. The number of primary amides is 1. The summed E-state index contributed by atoms with van der Waals surface area (Å²) in [5.41, 5.74) is 6.42. The van der Waals surface area contributed by atoms with Gasteiger partial charge in [0.05, 0.1) is 35.7 Å². The third kappa shape index (κ3) is 5.85. The summed E-state index contributed by atoms with van der Waals surface area (Å²) in [6, 6.07) is 4.99. The highest BCUT2D eigenvalue weighted by atomic mass is 35.5. The van der Waals surface area contributed by atoms with Crippen molar-refractivity contribution in [1.82, 2.24) is 0 Å². The van der Waals surface area contributed by atoms with Gasteiger partial charge >= 0.3 is 5.97 Å². The molecule has 2 rings (SSSR count). The first kappa shape index (κ1) is 23.5. The van der Waals surface area contributed by atoms with E-state index in [0.29, 0.717) is 22.0 Å². The summed E-state index contributed by atoms with van der Waals surface area (Å²) >= 11 is 6.98. The summed E-state index contributed by atoms with van der Waals surface area (Å²) < 4.78 is 15.1. The van der Waals surface area contributed by atoms with E-state index in [2.05, 4.69) is 10.6 Å². The zero-order valence-corrected chi connectivity index (χ0v) is 18.2. The molecule has 162 valence electrons. The summed E-state index contributed by atoms with van der Waals surface area (Å²) in [5.74, 6) is -1.31. The lowest BCUT2D eigenvalue weighted by molar-refractivity contribution is -0.114. The first-order valence-corrected chi connectivity index (χ1v) is 9.94. The molecule has 9 nitrogen and oxygen atoms in total. The van der Waals surface area contributed by atoms with E-state index in [1.165, 1.54) is 14.2 Å². The SMILES string of the molecule is COCCOC(=O)c1c(NC(=O)CNc2ccc(OC)c(Cl)c2)sc(C(N)=O)c1C. The molecule has 1 heterocycles.